The number of piperidine rings is 1. The molecule has 1 unspecified atom stereocenters. The van der Waals surface area contributed by atoms with Crippen LogP contribution >= 0.6 is 0 Å². The van der Waals surface area contributed by atoms with E-state index in [2.05, 4.69) is 44.7 Å². The van der Waals surface area contributed by atoms with Crippen LogP contribution in [0.1, 0.15) is 44.9 Å². The molecule has 4 nitrogen and oxygen atoms in total. The topological polar surface area (TPSA) is 47.1 Å². The maximum atomic E-state index is 6.01. The summed E-state index contributed by atoms with van der Waals surface area (Å²) in [7, 11) is 2.06. The SMILES string of the molecule is Cc1nn(C)c(N2CCC(C(C)C)CC2)c1CC(C)N. The molecule has 0 aliphatic carbocycles. The first-order chi connectivity index (χ1) is 9.40. The molecule has 4 heteroatoms. The molecule has 114 valence electrons. The average Bonchev–Trinajstić information content (AvgIpc) is 2.64. The minimum absolute atomic E-state index is 0.185. The van der Waals surface area contributed by atoms with E-state index in [-0.39, 0.29) is 6.04 Å². The fourth-order valence-corrected chi connectivity index (χ4v) is 3.42. The van der Waals surface area contributed by atoms with Gasteiger partial charge in [-0.05, 0) is 44.9 Å². The van der Waals surface area contributed by atoms with Gasteiger partial charge in [0, 0.05) is 31.7 Å². The molecule has 1 aromatic heterocycles. The van der Waals surface area contributed by atoms with Gasteiger partial charge in [-0.15, -0.1) is 0 Å². The van der Waals surface area contributed by atoms with Crippen molar-refractivity contribution in [2.75, 3.05) is 18.0 Å². The van der Waals surface area contributed by atoms with Crippen molar-refractivity contribution in [1.29, 1.82) is 0 Å². The van der Waals surface area contributed by atoms with Crippen LogP contribution in [0.5, 0.6) is 0 Å². The van der Waals surface area contributed by atoms with Crippen LogP contribution in [0, 0.1) is 18.8 Å². The third-order valence-electron chi connectivity index (χ3n) is 4.62. The maximum Gasteiger partial charge on any atom is 0.130 e. The number of anilines is 1. The number of nitrogens with zero attached hydrogens (tertiary/aromatic N) is 3. The van der Waals surface area contributed by atoms with Gasteiger partial charge < -0.3 is 10.6 Å². The second-order valence-electron chi connectivity index (χ2n) is 6.76. The molecule has 0 bridgehead atoms. The summed E-state index contributed by atoms with van der Waals surface area (Å²) in [5, 5.41) is 4.61. The molecule has 1 aromatic rings. The van der Waals surface area contributed by atoms with Crippen molar-refractivity contribution < 1.29 is 0 Å². The zero-order valence-electron chi connectivity index (χ0n) is 13.7. The van der Waals surface area contributed by atoms with Crippen LogP contribution in [0.2, 0.25) is 0 Å². The molecule has 1 aliphatic rings. The van der Waals surface area contributed by atoms with Crippen LogP contribution < -0.4 is 10.6 Å². The van der Waals surface area contributed by atoms with Gasteiger partial charge in [0.2, 0.25) is 0 Å². The number of aryl methyl sites for hydroxylation is 2. The highest BCUT2D eigenvalue weighted by Crippen LogP contribution is 2.31. The molecule has 0 aromatic carbocycles. The number of hydrogen-bond donors (Lipinski definition) is 1. The minimum Gasteiger partial charge on any atom is -0.357 e. The molecule has 0 saturated carbocycles. The third kappa shape index (κ3) is 3.17. The molecule has 1 atom stereocenters. The summed E-state index contributed by atoms with van der Waals surface area (Å²) in [6.45, 7) is 11.1. The third-order valence-corrected chi connectivity index (χ3v) is 4.62. The van der Waals surface area contributed by atoms with Crippen molar-refractivity contribution in [2.45, 2.75) is 53.0 Å². The van der Waals surface area contributed by atoms with Crippen LogP contribution in [0.25, 0.3) is 0 Å². The van der Waals surface area contributed by atoms with Gasteiger partial charge in [0.25, 0.3) is 0 Å². The van der Waals surface area contributed by atoms with Gasteiger partial charge in [0.15, 0.2) is 0 Å². The molecule has 1 aliphatic heterocycles. The normalized spacial score (nSPS) is 18.9. The summed E-state index contributed by atoms with van der Waals surface area (Å²) in [5.74, 6) is 2.97. The van der Waals surface area contributed by atoms with Crippen molar-refractivity contribution in [3.63, 3.8) is 0 Å². The molecule has 1 fully saturated rings. The van der Waals surface area contributed by atoms with Crippen molar-refractivity contribution in [3.05, 3.63) is 11.3 Å². The molecule has 2 heterocycles. The van der Waals surface area contributed by atoms with E-state index in [1.165, 1.54) is 24.2 Å². The second kappa shape index (κ2) is 6.17. The maximum absolute atomic E-state index is 6.01. The predicted molar refractivity (Wildman–Crippen MR) is 85.1 cm³/mol. The van der Waals surface area contributed by atoms with Gasteiger partial charge in [0.05, 0.1) is 5.69 Å². The average molecular weight is 278 g/mol. The Morgan fingerprint density at radius 3 is 2.35 bits per heavy atom. The number of aromatic nitrogens is 2. The molecule has 1 saturated heterocycles. The van der Waals surface area contributed by atoms with Gasteiger partial charge in [0.1, 0.15) is 5.82 Å². The van der Waals surface area contributed by atoms with Crippen LogP contribution in [-0.2, 0) is 13.5 Å². The Hall–Kier alpha value is -1.03. The lowest BCUT2D eigenvalue weighted by molar-refractivity contribution is 0.309. The highest BCUT2D eigenvalue weighted by atomic mass is 15.4. The van der Waals surface area contributed by atoms with Crippen LogP contribution in [0.15, 0.2) is 0 Å². The monoisotopic (exact) mass is 278 g/mol. The summed E-state index contributed by atoms with van der Waals surface area (Å²) in [6, 6.07) is 0.185. The zero-order valence-corrected chi connectivity index (χ0v) is 13.7. The Labute approximate surface area is 123 Å². The van der Waals surface area contributed by atoms with E-state index in [9.17, 15) is 0 Å². The van der Waals surface area contributed by atoms with Crippen molar-refractivity contribution >= 4 is 5.82 Å². The molecular weight excluding hydrogens is 248 g/mol. The van der Waals surface area contributed by atoms with E-state index in [1.54, 1.807) is 0 Å². The van der Waals surface area contributed by atoms with Crippen LogP contribution in [0.4, 0.5) is 5.82 Å². The molecule has 20 heavy (non-hydrogen) atoms. The van der Waals surface area contributed by atoms with E-state index in [1.807, 2.05) is 4.68 Å². The lowest BCUT2D eigenvalue weighted by Crippen LogP contribution is -2.37. The molecule has 2 rings (SSSR count). The highest BCUT2D eigenvalue weighted by molar-refractivity contribution is 5.51. The Morgan fingerprint density at radius 1 is 1.25 bits per heavy atom. The first kappa shape index (κ1) is 15.4. The van der Waals surface area contributed by atoms with E-state index in [0.717, 1.165) is 37.0 Å². The predicted octanol–water partition coefficient (Wildman–Crippen LogP) is 2.49. The first-order valence-electron chi connectivity index (χ1n) is 7.93. The van der Waals surface area contributed by atoms with Crippen molar-refractivity contribution in [3.8, 4) is 0 Å². The Bertz CT molecular complexity index is 440. The van der Waals surface area contributed by atoms with Crippen molar-refractivity contribution in [1.82, 2.24) is 9.78 Å². The lowest BCUT2D eigenvalue weighted by Gasteiger charge is -2.35. The first-order valence-corrected chi connectivity index (χ1v) is 7.93. The summed E-state index contributed by atoms with van der Waals surface area (Å²) in [4.78, 5) is 2.51. The van der Waals surface area contributed by atoms with Gasteiger partial charge in [-0.1, -0.05) is 13.8 Å². The van der Waals surface area contributed by atoms with Gasteiger partial charge in [-0.2, -0.15) is 5.10 Å². The van der Waals surface area contributed by atoms with E-state index >= 15 is 0 Å². The van der Waals surface area contributed by atoms with E-state index < -0.39 is 0 Å². The molecule has 0 radical (unpaired) electrons. The van der Waals surface area contributed by atoms with Gasteiger partial charge >= 0.3 is 0 Å². The fraction of sp³-hybridized carbons (Fsp3) is 0.812. The van der Waals surface area contributed by atoms with Crippen LogP contribution in [-0.4, -0.2) is 28.9 Å². The summed E-state index contributed by atoms with van der Waals surface area (Å²) < 4.78 is 2.04. The number of hydrogen-bond acceptors (Lipinski definition) is 3. The molecule has 2 N–H and O–H groups in total. The minimum atomic E-state index is 0.185. The van der Waals surface area contributed by atoms with Gasteiger partial charge in [-0.25, -0.2) is 0 Å². The number of nitrogens with two attached hydrogens (primary N) is 1. The quantitative estimate of drug-likeness (QED) is 0.920. The molecule has 0 amide bonds. The number of rotatable bonds is 4. The standard InChI is InChI=1S/C16H30N4/c1-11(2)14-6-8-20(9-7-14)16-15(10-12(3)17)13(4)18-19(16)5/h11-12,14H,6-10,17H2,1-5H3. The second-order valence-corrected chi connectivity index (χ2v) is 6.76. The highest BCUT2D eigenvalue weighted by Gasteiger charge is 2.26. The smallest absolute Gasteiger partial charge is 0.130 e. The molecular formula is C16H30N4. The van der Waals surface area contributed by atoms with Crippen molar-refractivity contribution in [2.24, 2.45) is 24.6 Å². The summed E-state index contributed by atoms with van der Waals surface area (Å²) >= 11 is 0. The summed E-state index contributed by atoms with van der Waals surface area (Å²) in [5.41, 5.74) is 8.48. The van der Waals surface area contributed by atoms with E-state index in [4.69, 9.17) is 5.73 Å². The zero-order chi connectivity index (χ0) is 14.9. The van der Waals surface area contributed by atoms with E-state index in [0.29, 0.717) is 0 Å². The summed E-state index contributed by atoms with van der Waals surface area (Å²) in [6.07, 6.45) is 3.50. The Morgan fingerprint density at radius 2 is 1.85 bits per heavy atom. The van der Waals surface area contributed by atoms with Crippen LogP contribution in [0.3, 0.4) is 0 Å². The largest absolute Gasteiger partial charge is 0.357 e. The fourth-order valence-electron chi connectivity index (χ4n) is 3.42. The molecule has 0 spiro atoms. The Kier molecular flexibility index (Phi) is 4.74. The van der Waals surface area contributed by atoms with Gasteiger partial charge in [-0.3, -0.25) is 4.68 Å². The Balaban J connectivity index is 2.17. The lowest BCUT2D eigenvalue weighted by atomic mass is 9.86.